The smallest absolute Gasteiger partial charge is 0.252 e. The van der Waals surface area contributed by atoms with Gasteiger partial charge in [-0.15, -0.1) is 0 Å². The number of rotatable bonds is 4. The molecular weight excluding hydrogens is 406 g/mol. The summed E-state index contributed by atoms with van der Waals surface area (Å²) in [5.74, 6) is -3.54. The van der Waals surface area contributed by atoms with Crippen LogP contribution in [-0.2, 0) is 14.8 Å². The summed E-state index contributed by atoms with van der Waals surface area (Å²) in [6.45, 7) is 0.307. The third kappa shape index (κ3) is 3.48. The zero-order valence-electron chi connectivity index (χ0n) is 12.7. The molecule has 132 valence electrons. The fourth-order valence-corrected chi connectivity index (χ4v) is 5.50. The summed E-state index contributed by atoms with van der Waals surface area (Å²) >= 11 is 3.23. The molecule has 1 heterocycles. The average Bonchev–Trinajstić information content (AvgIpc) is 2.96. The average molecular weight is 423 g/mol. The van der Waals surface area contributed by atoms with Crippen molar-refractivity contribution >= 4 is 31.9 Å². The molecular formula is C15H17BrF2N2O3S. The van der Waals surface area contributed by atoms with E-state index < -0.39 is 27.9 Å². The van der Waals surface area contributed by atoms with Crippen molar-refractivity contribution < 1.29 is 22.0 Å². The van der Waals surface area contributed by atoms with Crippen LogP contribution in [0.4, 0.5) is 8.78 Å². The van der Waals surface area contributed by atoms with Gasteiger partial charge in [-0.25, -0.2) is 17.2 Å². The van der Waals surface area contributed by atoms with Crippen molar-refractivity contribution in [3.05, 3.63) is 28.7 Å². The summed E-state index contributed by atoms with van der Waals surface area (Å²) in [7, 11) is -3.69. The summed E-state index contributed by atoms with van der Waals surface area (Å²) in [5.41, 5.74) is 0. The first-order valence-corrected chi connectivity index (χ1v) is 9.85. The minimum Gasteiger partial charge on any atom is -0.353 e. The van der Waals surface area contributed by atoms with Gasteiger partial charge in [-0.05, 0) is 34.5 Å². The predicted octanol–water partition coefficient (Wildman–Crippen LogP) is 2.37. The molecule has 1 atom stereocenters. The maximum Gasteiger partial charge on any atom is 0.252 e. The van der Waals surface area contributed by atoms with Crippen LogP contribution in [0.2, 0.25) is 0 Å². The maximum atomic E-state index is 12.8. The van der Waals surface area contributed by atoms with Crippen LogP contribution in [0, 0.1) is 5.92 Å². The number of carbonyl (C=O) groups excluding carboxylic acids is 1. The topological polar surface area (TPSA) is 66.5 Å². The zero-order chi connectivity index (χ0) is 17.5. The van der Waals surface area contributed by atoms with Crippen LogP contribution >= 0.6 is 15.9 Å². The van der Waals surface area contributed by atoms with Crippen molar-refractivity contribution in [2.45, 2.75) is 36.1 Å². The SMILES string of the molecule is O=C(NC1CC(F)(F)C1)C1CCN(S(=O)(=O)c2ccccc2Br)C1. The van der Waals surface area contributed by atoms with Crippen molar-refractivity contribution in [2.75, 3.05) is 13.1 Å². The quantitative estimate of drug-likeness (QED) is 0.809. The molecule has 1 unspecified atom stereocenters. The summed E-state index contributed by atoms with van der Waals surface area (Å²) in [5, 5.41) is 2.59. The Hall–Kier alpha value is -1.06. The molecule has 0 aromatic heterocycles. The van der Waals surface area contributed by atoms with E-state index in [9.17, 15) is 22.0 Å². The molecule has 5 nitrogen and oxygen atoms in total. The number of hydrogen-bond acceptors (Lipinski definition) is 3. The fraction of sp³-hybridized carbons (Fsp3) is 0.533. The Morgan fingerprint density at radius 3 is 2.58 bits per heavy atom. The molecule has 1 saturated carbocycles. The highest BCUT2D eigenvalue weighted by molar-refractivity contribution is 9.10. The lowest BCUT2D eigenvalue weighted by Crippen LogP contribution is -2.52. The van der Waals surface area contributed by atoms with Crippen LogP contribution in [0.25, 0.3) is 0 Å². The van der Waals surface area contributed by atoms with Crippen molar-refractivity contribution in [1.82, 2.24) is 9.62 Å². The lowest BCUT2D eigenvalue weighted by molar-refractivity contribution is -0.132. The number of sulfonamides is 1. The maximum absolute atomic E-state index is 12.8. The molecule has 9 heteroatoms. The van der Waals surface area contributed by atoms with Gasteiger partial charge in [0, 0.05) is 36.4 Å². The standard InChI is InChI=1S/C15H17BrF2N2O3S/c16-12-3-1-2-4-13(12)24(22,23)20-6-5-10(9-20)14(21)19-11-7-15(17,18)8-11/h1-4,10-11H,5-9H2,(H,19,21). The van der Waals surface area contributed by atoms with E-state index in [0.717, 1.165) is 0 Å². The Labute approximate surface area is 147 Å². The Morgan fingerprint density at radius 2 is 1.96 bits per heavy atom. The molecule has 1 N–H and O–H groups in total. The Kier molecular flexibility index (Phi) is 4.69. The Balaban J connectivity index is 1.63. The number of nitrogens with one attached hydrogen (secondary N) is 1. The minimum atomic E-state index is -3.69. The molecule has 1 aliphatic heterocycles. The van der Waals surface area contributed by atoms with Crippen molar-refractivity contribution in [2.24, 2.45) is 5.92 Å². The monoisotopic (exact) mass is 422 g/mol. The first-order valence-electron chi connectivity index (χ1n) is 7.62. The number of hydrogen-bond donors (Lipinski definition) is 1. The molecule has 0 bridgehead atoms. The van der Waals surface area contributed by atoms with Gasteiger partial charge in [0.1, 0.15) is 0 Å². The second-order valence-electron chi connectivity index (χ2n) is 6.25. The highest BCUT2D eigenvalue weighted by Gasteiger charge is 2.47. The van der Waals surface area contributed by atoms with Gasteiger partial charge in [0.15, 0.2) is 0 Å². The number of amides is 1. The lowest BCUT2D eigenvalue weighted by atomic mass is 9.88. The first kappa shape index (κ1) is 17.8. The molecule has 1 amide bonds. The Bertz CT molecular complexity index is 749. The lowest BCUT2D eigenvalue weighted by Gasteiger charge is -2.35. The third-order valence-corrected chi connectivity index (χ3v) is 7.29. The van der Waals surface area contributed by atoms with E-state index in [1.165, 1.54) is 10.4 Å². The van der Waals surface area contributed by atoms with E-state index >= 15 is 0 Å². The molecule has 3 rings (SSSR count). The fourth-order valence-electron chi connectivity index (χ4n) is 3.04. The van der Waals surface area contributed by atoms with Crippen molar-refractivity contribution in [3.8, 4) is 0 Å². The van der Waals surface area contributed by atoms with Crippen LogP contribution in [-0.4, -0.2) is 43.7 Å². The van der Waals surface area contributed by atoms with Crippen LogP contribution in [0.5, 0.6) is 0 Å². The number of benzene rings is 1. The molecule has 0 spiro atoms. The van der Waals surface area contributed by atoms with Gasteiger partial charge in [-0.2, -0.15) is 4.31 Å². The second-order valence-corrected chi connectivity index (χ2v) is 9.01. The highest BCUT2D eigenvalue weighted by Crippen LogP contribution is 2.37. The van der Waals surface area contributed by atoms with Crippen LogP contribution in [0.15, 0.2) is 33.6 Å². The molecule has 0 radical (unpaired) electrons. The van der Waals surface area contributed by atoms with Gasteiger partial charge in [0.05, 0.1) is 10.8 Å². The van der Waals surface area contributed by atoms with Gasteiger partial charge < -0.3 is 5.32 Å². The van der Waals surface area contributed by atoms with E-state index in [2.05, 4.69) is 21.2 Å². The third-order valence-electron chi connectivity index (χ3n) is 4.41. The van der Waals surface area contributed by atoms with Crippen molar-refractivity contribution in [1.29, 1.82) is 0 Å². The number of nitrogens with zero attached hydrogens (tertiary/aromatic N) is 1. The van der Waals surface area contributed by atoms with Crippen LogP contribution in [0.1, 0.15) is 19.3 Å². The Morgan fingerprint density at radius 1 is 1.29 bits per heavy atom. The minimum absolute atomic E-state index is 0.0681. The van der Waals surface area contributed by atoms with E-state index in [1.54, 1.807) is 18.2 Å². The van der Waals surface area contributed by atoms with Gasteiger partial charge in [-0.1, -0.05) is 12.1 Å². The normalized spacial score (nSPS) is 24.5. The number of carbonyl (C=O) groups is 1. The molecule has 2 fully saturated rings. The number of alkyl halides is 2. The van der Waals surface area contributed by atoms with Crippen LogP contribution in [0.3, 0.4) is 0 Å². The van der Waals surface area contributed by atoms with E-state index in [-0.39, 0.29) is 36.7 Å². The second kappa shape index (κ2) is 6.34. The summed E-state index contributed by atoms with van der Waals surface area (Å²) < 4.78 is 52.7. The van der Waals surface area contributed by atoms with Gasteiger partial charge in [0.25, 0.3) is 5.92 Å². The van der Waals surface area contributed by atoms with Crippen LogP contribution < -0.4 is 5.32 Å². The van der Waals surface area contributed by atoms with E-state index in [4.69, 9.17) is 0 Å². The summed E-state index contributed by atoms with van der Waals surface area (Å²) in [4.78, 5) is 12.3. The first-order chi connectivity index (χ1) is 11.2. The summed E-state index contributed by atoms with van der Waals surface area (Å²) in [6.07, 6.45) is -0.298. The van der Waals surface area contributed by atoms with E-state index in [1.807, 2.05) is 0 Å². The summed E-state index contributed by atoms with van der Waals surface area (Å²) in [6, 6.07) is 5.99. The largest absolute Gasteiger partial charge is 0.353 e. The molecule has 2 aliphatic rings. The molecule has 24 heavy (non-hydrogen) atoms. The molecule has 1 aromatic rings. The van der Waals surface area contributed by atoms with Gasteiger partial charge in [0.2, 0.25) is 15.9 Å². The number of halogens is 3. The highest BCUT2D eigenvalue weighted by atomic mass is 79.9. The molecule has 1 aromatic carbocycles. The molecule has 1 aliphatic carbocycles. The van der Waals surface area contributed by atoms with Gasteiger partial charge in [-0.3, -0.25) is 4.79 Å². The zero-order valence-corrected chi connectivity index (χ0v) is 15.1. The van der Waals surface area contributed by atoms with Gasteiger partial charge >= 0.3 is 0 Å². The predicted molar refractivity (Wildman–Crippen MR) is 87.1 cm³/mol. The van der Waals surface area contributed by atoms with Crippen molar-refractivity contribution in [3.63, 3.8) is 0 Å². The van der Waals surface area contributed by atoms with E-state index in [0.29, 0.717) is 10.9 Å². The molecule has 1 saturated heterocycles.